The van der Waals surface area contributed by atoms with Crippen molar-refractivity contribution in [1.29, 1.82) is 0 Å². The molecular formula is C14H22BrNO5. The van der Waals surface area contributed by atoms with Crippen molar-refractivity contribution in [2.75, 3.05) is 18.5 Å². The molecular weight excluding hydrogens is 342 g/mol. The van der Waals surface area contributed by atoms with Gasteiger partial charge in [-0.05, 0) is 20.8 Å². The summed E-state index contributed by atoms with van der Waals surface area (Å²) >= 11 is 3.25. The number of ether oxygens (including phenoxy) is 2. The summed E-state index contributed by atoms with van der Waals surface area (Å²) in [5.41, 5.74) is -0.287. The fraction of sp³-hybridized carbons (Fsp3) is 0.643. The lowest BCUT2D eigenvalue weighted by molar-refractivity contribution is -0.154. The Hall–Kier alpha value is -1.37. The number of esters is 2. The predicted molar refractivity (Wildman–Crippen MR) is 82.0 cm³/mol. The second-order valence-corrected chi connectivity index (χ2v) is 5.69. The first kappa shape index (κ1) is 19.6. The molecule has 0 rings (SSSR count). The molecule has 0 radical (unpaired) electrons. The Bertz CT molecular complexity index is 406. The standard InChI is InChI=1S/C14H22BrNO5/c1-10(2)13(19)20-8-6-11(17)16-7-5-12(18)21-14(3,4)9-15/h1,5-9H2,2-4H3,(H,16,17). The SMILES string of the molecule is C=C(C)C(=O)OCCC(=O)NCCC(=O)OC(C)(C)CBr. The Labute approximate surface area is 133 Å². The number of nitrogens with one attached hydrogen (secondary N) is 1. The highest BCUT2D eigenvalue weighted by molar-refractivity contribution is 9.09. The van der Waals surface area contributed by atoms with Gasteiger partial charge in [-0.25, -0.2) is 4.79 Å². The van der Waals surface area contributed by atoms with Gasteiger partial charge < -0.3 is 14.8 Å². The van der Waals surface area contributed by atoms with Gasteiger partial charge in [-0.1, -0.05) is 22.5 Å². The molecule has 0 saturated carbocycles. The Morgan fingerprint density at radius 1 is 1.24 bits per heavy atom. The molecule has 1 amide bonds. The van der Waals surface area contributed by atoms with E-state index in [1.807, 2.05) is 0 Å². The second kappa shape index (κ2) is 9.55. The number of amides is 1. The minimum atomic E-state index is -0.572. The Kier molecular flexibility index (Phi) is 8.92. The maximum absolute atomic E-state index is 11.5. The van der Waals surface area contributed by atoms with Crippen LogP contribution in [0.2, 0.25) is 0 Å². The van der Waals surface area contributed by atoms with Gasteiger partial charge in [0.1, 0.15) is 12.2 Å². The zero-order valence-corrected chi connectivity index (χ0v) is 14.2. The molecule has 120 valence electrons. The maximum Gasteiger partial charge on any atom is 0.333 e. The topological polar surface area (TPSA) is 81.7 Å². The molecule has 0 bridgehead atoms. The lowest BCUT2D eigenvalue weighted by Crippen LogP contribution is -2.32. The van der Waals surface area contributed by atoms with Crippen LogP contribution in [-0.2, 0) is 23.9 Å². The summed E-state index contributed by atoms with van der Waals surface area (Å²) in [4.78, 5) is 34.0. The van der Waals surface area contributed by atoms with Crippen LogP contribution in [-0.4, -0.2) is 41.9 Å². The predicted octanol–water partition coefficient (Wildman–Crippen LogP) is 1.72. The van der Waals surface area contributed by atoms with Crippen molar-refractivity contribution >= 4 is 33.8 Å². The molecule has 0 fully saturated rings. The van der Waals surface area contributed by atoms with Gasteiger partial charge >= 0.3 is 11.9 Å². The van der Waals surface area contributed by atoms with Crippen LogP contribution in [0.4, 0.5) is 0 Å². The summed E-state index contributed by atoms with van der Waals surface area (Å²) in [6, 6.07) is 0. The lowest BCUT2D eigenvalue weighted by atomic mass is 10.2. The highest BCUT2D eigenvalue weighted by Crippen LogP contribution is 2.13. The van der Waals surface area contributed by atoms with Crippen LogP contribution in [0.25, 0.3) is 0 Å². The molecule has 0 spiro atoms. The third-order valence-electron chi connectivity index (χ3n) is 2.27. The number of alkyl halides is 1. The van der Waals surface area contributed by atoms with Crippen LogP contribution in [0.15, 0.2) is 12.2 Å². The average Bonchev–Trinajstić information content (AvgIpc) is 2.37. The first-order valence-corrected chi connectivity index (χ1v) is 7.67. The Balaban J connectivity index is 3.78. The van der Waals surface area contributed by atoms with Crippen molar-refractivity contribution < 1.29 is 23.9 Å². The monoisotopic (exact) mass is 363 g/mol. The van der Waals surface area contributed by atoms with Gasteiger partial charge in [0.15, 0.2) is 0 Å². The third kappa shape index (κ3) is 10.1. The maximum atomic E-state index is 11.5. The van der Waals surface area contributed by atoms with E-state index in [1.54, 1.807) is 13.8 Å². The van der Waals surface area contributed by atoms with E-state index in [4.69, 9.17) is 9.47 Å². The third-order valence-corrected chi connectivity index (χ3v) is 3.62. The molecule has 0 aliphatic rings. The van der Waals surface area contributed by atoms with E-state index in [1.165, 1.54) is 6.92 Å². The normalized spacial score (nSPS) is 10.7. The Morgan fingerprint density at radius 2 is 1.86 bits per heavy atom. The van der Waals surface area contributed by atoms with E-state index in [0.29, 0.717) is 5.33 Å². The summed E-state index contributed by atoms with van der Waals surface area (Å²) in [5.74, 6) is -1.20. The van der Waals surface area contributed by atoms with Crippen molar-refractivity contribution in [3.63, 3.8) is 0 Å². The molecule has 0 heterocycles. The molecule has 0 aliphatic carbocycles. The van der Waals surface area contributed by atoms with Crippen LogP contribution < -0.4 is 5.32 Å². The quantitative estimate of drug-likeness (QED) is 0.383. The fourth-order valence-corrected chi connectivity index (χ4v) is 1.25. The molecule has 21 heavy (non-hydrogen) atoms. The van der Waals surface area contributed by atoms with Gasteiger partial charge in [0, 0.05) is 17.4 Å². The number of carbonyl (C=O) groups excluding carboxylic acids is 3. The summed E-state index contributed by atoms with van der Waals surface area (Å²) in [6.45, 7) is 8.70. The molecule has 6 nitrogen and oxygen atoms in total. The largest absolute Gasteiger partial charge is 0.462 e. The van der Waals surface area contributed by atoms with Gasteiger partial charge in [0.05, 0.1) is 12.8 Å². The molecule has 7 heteroatoms. The molecule has 0 aliphatic heterocycles. The van der Waals surface area contributed by atoms with Gasteiger partial charge in [-0.3, -0.25) is 9.59 Å². The van der Waals surface area contributed by atoms with E-state index in [9.17, 15) is 14.4 Å². The minimum absolute atomic E-state index is 0.0153. The summed E-state index contributed by atoms with van der Waals surface area (Å²) in [5, 5.41) is 3.09. The number of hydrogen-bond donors (Lipinski definition) is 1. The van der Waals surface area contributed by atoms with Crippen LogP contribution in [0, 0.1) is 0 Å². The smallest absolute Gasteiger partial charge is 0.333 e. The van der Waals surface area contributed by atoms with Crippen molar-refractivity contribution in [2.24, 2.45) is 0 Å². The van der Waals surface area contributed by atoms with Crippen molar-refractivity contribution in [3.05, 3.63) is 12.2 Å². The highest BCUT2D eigenvalue weighted by atomic mass is 79.9. The van der Waals surface area contributed by atoms with Crippen LogP contribution in [0.5, 0.6) is 0 Å². The van der Waals surface area contributed by atoms with Crippen molar-refractivity contribution in [2.45, 2.75) is 39.2 Å². The number of hydrogen-bond acceptors (Lipinski definition) is 5. The van der Waals surface area contributed by atoms with Gasteiger partial charge in [-0.15, -0.1) is 0 Å². The van der Waals surface area contributed by atoms with E-state index in [2.05, 4.69) is 27.8 Å². The van der Waals surface area contributed by atoms with Gasteiger partial charge in [-0.2, -0.15) is 0 Å². The van der Waals surface area contributed by atoms with E-state index < -0.39 is 11.6 Å². The molecule has 0 saturated heterocycles. The van der Waals surface area contributed by atoms with Crippen LogP contribution in [0.1, 0.15) is 33.6 Å². The fourth-order valence-electron chi connectivity index (χ4n) is 1.14. The zero-order valence-electron chi connectivity index (χ0n) is 12.7. The zero-order chi connectivity index (χ0) is 16.5. The minimum Gasteiger partial charge on any atom is -0.462 e. The highest BCUT2D eigenvalue weighted by Gasteiger charge is 2.20. The van der Waals surface area contributed by atoms with Crippen molar-refractivity contribution in [1.82, 2.24) is 5.32 Å². The average molecular weight is 364 g/mol. The lowest BCUT2D eigenvalue weighted by Gasteiger charge is -2.22. The van der Waals surface area contributed by atoms with Gasteiger partial charge in [0.25, 0.3) is 0 Å². The number of rotatable bonds is 9. The first-order valence-electron chi connectivity index (χ1n) is 6.55. The van der Waals surface area contributed by atoms with E-state index in [0.717, 1.165) is 0 Å². The number of carbonyl (C=O) groups is 3. The molecule has 0 aromatic carbocycles. The molecule has 0 aromatic rings. The van der Waals surface area contributed by atoms with Crippen LogP contribution >= 0.6 is 15.9 Å². The molecule has 1 N–H and O–H groups in total. The summed E-state index contributed by atoms with van der Waals surface area (Å²) in [7, 11) is 0. The Morgan fingerprint density at radius 3 is 2.38 bits per heavy atom. The van der Waals surface area contributed by atoms with Gasteiger partial charge in [0.2, 0.25) is 5.91 Å². The summed E-state index contributed by atoms with van der Waals surface area (Å²) in [6.07, 6.45) is 0.134. The van der Waals surface area contributed by atoms with E-state index >= 15 is 0 Å². The summed E-state index contributed by atoms with van der Waals surface area (Å²) < 4.78 is 9.98. The molecule has 0 atom stereocenters. The van der Waals surface area contributed by atoms with E-state index in [-0.39, 0.29) is 43.4 Å². The number of halogens is 1. The molecule has 0 unspecified atom stereocenters. The second-order valence-electron chi connectivity index (χ2n) is 5.13. The first-order chi connectivity index (χ1) is 9.68. The van der Waals surface area contributed by atoms with Crippen LogP contribution in [0.3, 0.4) is 0 Å². The van der Waals surface area contributed by atoms with Crippen molar-refractivity contribution in [3.8, 4) is 0 Å². The molecule has 0 aromatic heterocycles.